The first-order chi connectivity index (χ1) is 19.5. The number of amides is 1. The summed E-state index contributed by atoms with van der Waals surface area (Å²) in [6, 6.07) is 11.3. The van der Waals surface area contributed by atoms with Crippen LogP contribution in [-0.2, 0) is 16.7 Å². The van der Waals surface area contributed by atoms with Gasteiger partial charge in [0.25, 0.3) is 5.91 Å². The molecule has 3 aromatic rings. The van der Waals surface area contributed by atoms with E-state index < -0.39 is 10.1 Å². The maximum atomic E-state index is 12.7. The summed E-state index contributed by atoms with van der Waals surface area (Å²) >= 11 is 0. The third-order valence-electron chi connectivity index (χ3n) is 7.53. The molecule has 1 aromatic carbocycles. The molecule has 218 valence electrons. The summed E-state index contributed by atoms with van der Waals surface area (Å²) in [5.41, 5.74) is 6.61. The average Bonchev–Trinajstić information content (AvgIpc) is 2.92. The predicted octanol–water partition coefficient (Wildman–Crippen LogP) is 4.55. The van der Waals surface area contributed by atoms with Crippen LogP contribution in [0, 0.1) is 20.8 Å². The Morgan fingerprint density at radius 1 is 1.07 bits per heavy atom. The lowest BCUT2D eigenvalue weighted by atomic mass is 10.00. The molecule has 3 heterocycles. The van der Waals surface area contributed by atoms with Gasteiger partial charge in [0.1, 0.15) is 5.75 Å². The standard InChI is InChI=1S/C31H39N5O4S/c1-22-10-15-32-20-26(22)21-36(27-6-8-29(9-7-27)40-41(5,38)39)28-13-18-35(19-14-28)24(3)12-17-34-31(37)30-23(2)11-16-33-25(30)4/h6-11,15-16,20,28H,3,12-14,17-19,21H2,1-2,4-5H3,(H,34,37). The van der Waals surface area contributed by atoms with Gasteiger partial charge in [0.15, 0.2) is 0 Å². The molecule has 0 spiro atoms. The number of anilines is 1. The van der Waals surface area contributed by atoms with Crippen molar-refractivity contribution in [1.82, 2.24) is 20.2 Å². The van der Waals surface area contributed by atoms with E-state index in [9.17, 15) is 13.2 Å². The molecule has 4 rings (SSSR count). The van der Waals surface area contributed by atoms with Crippen LogP contribution in [0.2, 0.25) is 0 Å². The number of hydrogen-bond acceptors (Lipinski definition) is 8. The fourth-order valence-electron chi connectivity index (χ4n) is 5.24. The number of hydrogen-bond donors (Lipinski definition) is 1. The van der Waals surface area contributed by atoms with Crippen molar-refractivity contribution in [3.8, 4) is 5.75 Å². The number of nitrogens with one attached hydrogen (secondary N) is 1. The van der Waals surface area contributed by atoms with E-state index in [0.29, 0.717) is 30.8 Å². The van der Waals surface area contributed by atoms with Crippen LogP contribution in [0.1, 0.15) is 52.0 Å². The number of nitrogens with zero attached hydrogens (tertiary/aromatic N) is 4. The fourth-order valence-corrected chi connectivity index (χ4v) is 5.70. The van der Waals surface area contributed by atoms with E-state index in [2.05, 4.69) is 38.6 Å². The second-order valence-electron chi connectivity index (χ2n) is 10.6. The number of benzene rings is 1. The lowest BCUT2D eigenvalue weighted by Crippen LogP contribution is -2.44. The van der Waals surface area contributed by atoms with Gasteiger partial charge in [-0.05, 0) is 86.7 Å². The molecular formula is C31H39N5O4S. The number of rotatable bonds is 11. The fraction of sp³-hybridized carbons (Fsp3) is 0.387. The van der Waals surface area contributed by atoms with Crippen molar-refractivity contribution < 1.29 is 17.4 Å². The van der Waals surface area contributed by atoms with Gasteiger partial charge in [-0.2, -0.15) is 8.42 Å². The first kappa shape index (κ1) is 30.0. The molecule has 1 fully saturated rings. The lowest BCUT2D eigenvalue weighted by molar-refractivity contribution is 0.0951. The van der Waals surface area contributed by atoms with Crippen LogP contribution < -0.4 is 14.4 Å². The maximum Gasteiger partial charge on any atom is 0.306 e. The summed E-state index contributed by atoms with van der Waals surface area (Å²) in [4.78, 5) is 26.0. The number of aryl methyl sites for hydroxylation is 3. The minimum absolute atomic E-state index is 0.103. The van der Waals surface area contributed by atoms with E-state index in [4.69, 9.17) is 4.18 Å². The van der Waals surface area contributed by atoms with E-state index in [1.807, 2.05) is 44.3 Å². The van der Waals surface area contributed by atoms with Crippen LogP contribution in [0.4, 0.5) is 5.69 Å². The summed E-state index contributed by atoms with van der Waals surface area (Å²) in [5, 5.41) is 3.02. The van der Waals surface area contributed by atoms with Gasteiger partial charge < -0.3 is 19.3 Å². The molecule has 0 atom stereocenters. The Bertz CT molecular complexity index is 1460. The molecular weight excluding hydrogens is 538 g/mol. The van der Waals surface area contributed by atoms with Crippen LogP contribution in [0.3, 0.4) is 0 Å². The van der Waals surface area contributed by atoms with E-state index >= 15 is 0 Å². The van der Waals surface area contributed by atoms with Gasteiger partial charge in [-0.3, -0.25) is 14.8 Å². The molecule has 0 bridgehead atoms. The first-order valence-electron chi connectivity index (χ1n) is 13.8. The molecule has 41 heavy (non-hydrogen) atoms. The minimum atomic E-state index is -3.59. The largest absolute Gasteiger partial charge is 0.383 e. The van der Waals surface area contributed by atoms with E-state index in [1.165, 1.54) is 5.56 Å². The molecule has 2 aromatic heterocycles. The van der Waals surface area contributed by atoms with Gasteiger partial charge in [0.05, 0.1) is 17.5 Å². The molecule has 0 saturated carbocycles. The van der Waals surface area contributed by atoms with E-state index in [-0.39, 0.29) is 11.9 Å². The smallest absolute Gasteiger partial charge is 0.306 e. The normalized spacial score (nSPS) is 14.0. The molecule has 1 aliphatic rings. The zero-order valence-electron chi connectivity index (χ0n) is 24.3. The number of pyridine rings is 2. The van der Waals surface area contributed by atoms with Crippen LogP contribution >= 0.6 is 0 Å². The number of likely N-dealkylation sites (tertiary alicyclic amines) is 1. The Balaban J connectivity index is 1.38. The van der Waals surface area contributed by atoms with Crippen LogP contribution in [-0.4, -0.2) is 61.1 Å². The SMILES string of the molecule is C=C(CCNC(=O)c1c(C)ccnc1C)N1CCC(N(Cc2cnccc2C)c2ccc(OS(C)(=O)=O)cc2)CC1. The first-order valence-corrected chi connectivity index (χ1v) is 15.6. The van der Waals surface area contributed by atoms with Crippen molar-refractivity contribution in [2.24, 2.45) is 0 Å². The van der Waals surface area contributed by atoms with Gasteiger partial charge in [-0.15, -0.1) is 0 Å². The lowest BCUT2D eigenvalue weighted by Gasteiger charge is -2.41. The molecule has 1 aliphatic heterocycles. The number of piperidine rings is 1. The minimum Gasteiger partial charge on any atom is -0.383 e. The second kappa shape index (κ2) is 13.2. The van der Waals surface area contributed by atoms with Crippen molar-refractivity contribution in [3.05, 3.63) is 95.2 Å². The van der Waals surface area contributed by atoms with Gasteiger partial charge in [-0.1, -0.05) is 6.58 Å². The van der Waals surface area contributed by atoms with Crippen molar-refractivity contribution >= 4 is 21.7 Å². The molecule has 0 unspecified atom stereocenters. The predicted molar refractivity (Wildman–Crippen MR) is 161 cm³/mol. The average molecular weight is 578 g/mol. The zero-order valence-corrected chi connectivity index (χ0v) is 25.1. The maximum absolute atomic E-state index is 12.7. The highest BCUT2D eigenvalue weighted by atomic mass is 32.2. The Morgan fingerprint density at radius 3 is 2.39 bits per heavy atom. The summed E-state index contributed by atoms with van der Waals surface area (Å²) in [5.74, 6) is 0.190. The van der Waals surface area contributed by atoms with Crippen molar-refractivity contribution in [1.29, 1.82) is 0 Å². The topological polar surface area (TPSA) is 105 Å². The van der Waals surface area contributed by atoms with Crippen molar-refractivity contribution in [3.63, 3.8) is 0 Å². The van der Waals surface area contributed by atoms with E-state index in [0.717, 1.165) is 60.4 Å². The molecule has 1 amide bonds. The van der Waals surface area contributed by atoms with Crippen molar-refractivity contribution in [2.75, 3.05) is 30.8 Å². The summed E-state index contributed by atoms with van der Waals surface area (Å²) < 4.78 is 28.1. The molecule has 0 radical (unpaired) electrons. The Kier molecular flexibility index (Phi) is 9.65. The number of aromatic nitrogens is 2. The summed E-state index contributed by atoms with van der Waals surface area (Å²) in [6.07, 6.45) is 9.00. The van der Waals surface area contributed by atoms with Gasteiger partial charge in [-0.25, -0.2) is 0 Å². The molecule has 0 aliphatic carbocycles. The third-order valence-corrected chi connectivity index (χ3v) is 8.03. The summed E-state index contributed by atoms with van der Waals surface area (Å²) in [7, 11) is -3.59. The second-order valence-corrected chi connectivity index (χ2v) is 12.2. The Morgan fingerprint density at radius 2 is 1.76 bits per heavy atom. The third kappa shape index (κ3) is 8.07. The highest BCUT2D eigenvalue weighted by Gasteiger charge is 2.26. The summed E-state index contributed by atoms with van der Waals surface area (Å²) in [6.45, 7) is 13.1. The van der Waals surface area contributed by atoms with Crippen LogP contribution in [0.25, 0.3) is 0 Å². The molecule has 1 saturated heterocycles. The Hall–Kier alpha value is -3.92. The molecule has 1 N–H and O–H groups in total. The van der Waals surface area contributed by atoms with Gasteiger partial charge >= 0.3 is 10.1 Å². The number of carbonyl (C=O) groups is 1. The van der Waals surface area contributed by atoms with E-state index in [1.54, 1.807) is 24.5 Å². The highest BCUT2D eigenvalue weighted by molar-refractivity contribution is 7.86. The monoisotopic (exact) mass is 577 g/mol. The molecule has 9 nitrogen and oxygen atoms in total. The van der Waals surface area contributed by atoms with Gasteiger partial charge in [0.2, 0.25) is 0 Å². The zero-order chi connectivity index (χ0) is 29.6. The highest BCUT2D eigenvalue weighted by Crippen LogP contribution is 2.29. The van der Waals surface area contributed by atoms with Crippen LogP contribution in [0.5, 0.6) is 5.75 Å². The Labute approximate surface area is 243 Å². The quantitative estimate of drug-likeness (QED) is 0.331. The molecule has 10 heteroatoms. The number of carbonyl (C=O) groups excluding carboxylic acids is 1. The van der Waals surface area contributed by atoms with Crippen LogP contribution in [0.15, 0.2) is 67.3 Å². The van der Waals surface area contributed by atoms with Gasteiger partial charge in [0, 0.05) is 68.6 Å². The van der Waals surface area contributed by atoms with Crippen molar-refractivity contribution in [2.45, 2.75) is 52.6 Å².